The fourth-order valence-electron chi connectivity index (χ4n) is 4.30. The number of hydrogen-bond acceptors (Lipinski definition) is 14. The highest BCUT2D eigenvalue weighted by Crippen LogP contribution is 2.22. The van der Waals surface area contributed by atoms with Crippen molar-refractivity contribution in [3.8, 4) is 5.75 Å². The van der Waals surface area contributed by atoms with Crippen LogP contribution >= 0.6 is 0 Å². The van der Waals surface area contributed by atoms with Gasteiger partial charge in [-0.05, 0) is 93.7 Å². The number of hydrazine groups is 1. The number of alkyl carbamates (subject to hydrolysis) is 2. The largest absolute Gasteiger partial charge is 0.533 e. The summed E-state index contributed by atoms with van der Waals surface area (Å²) < 4.78 is 26.2. The zero-order valence-corrected chi connectivity index (χ0v) is 31.5. The average molecular weight is 754 g/mol. The molecule has 1 saturated heterocycles. The number of carbonyl (C=O) groups is 7. The Morgan fingerprint density at radius 3 is 2.04 bits per heavy atom. The van der Waals surface area contributed by atoms with Crippen LogP contribution in [0.3, 0.4) is 0 Å². The SMILES string of the molecule is CC(C)(C)OC(=O)NCCCCC(NC(=O)OC(C)(C)C)C(=O)Oc1ccc(COC(=O)ON2C(=O)CCC2O)c(C(=O)NNC(=O)OC(C)(C)C)c1. The highest BCUT2D eigenvalue weighted by Gasteiger charge is 2.34. The van der Waals surface area contributed by atoms with Gasteiger partial charge >= 0.3 is 30.4 Å². The first-order chi connectivity index (χ1) is 24.4. The standard InChI is InChI=1S/C34H51N5O14/c1-32(2,3)50-28(44)35-17-11-10-12-23(36-29(45)51-33(4,5)6)27(43)49-21-14-13-20(19-48-31(47)53-39-24(40)15-16-25(39)41)22(18-21)26(42)37-38-30(46)52-34(7,8)9/h13-14,18,23-24,40H,10-12,15-17,19H2,1-9H3,(H,35,44)(H,36,45)(H,37,42)(H,38,46). The van der Waals surface area contributed by atoms with Crippen LogP contribution in [0.4, 0.5) is 19.2 Å². The Kier molecular flexibility index (Phi) is 15.7. The van der Waals surface area contributed by atoms with Gasteiger partial charge in [0, 0.05) is 24.9 Å². The van der Waals surface area contributed by atoms with E-state index in [2.05, 4.69) is 21.5 Å². The molecule has 2 rings (SSSR count). The van der Waals surface area contributed by atoms with Crippen molar-refractivity contribution in [2.45, 2.75) is 130 Å². The second-order valence-corrected chi connectivity index (χ2v) is 14.8. The van der Waals surface area contributed by atoms with Crippen LogP contribution in [0.25, 0.3) is 0 Å². The maximum Gasteiger partial charge on any atom is 0.533 e. The summed E-state index contributed by atoms with van der Waals surface area (Å²) in [5, 5.41) is 15.4. The van der Waals surface area contributed by atoms with Crippen LogP contribution in [0.5, 0.6) is 5.75 Å². The minimum Gasteiger partial charge on any atom is -0.444 e. The quantitative estimate of drug-likeness (QED) is 0.0669. The van der Waals surface area contributed by atoms with E-state index in [1.807, 2.05) is 0 Å². The summed E-state index contributed by atoms with van der Waals surface area (Å²) in [6, 6.07) is 2.46. The number of ether oxygens (including phenoxy) is 5. The van der Waals surface area contributed by atoms with Crippen LogP contribution in [0.1, 0.15) is 110 Å². The van der Waals surface area contributed by atoms with E-state index < -0.39 is 77.9 Å². The molecular weight excluding hydrogens is 702 g/mol. The van der Waals surface area contributed by atoms with Crippen LogP contribution < -0.4 is 26.2 Å². The van der Waals surface area contributed by atoms with Crippen LogP contribution in [0.2, 0.25) is 0 Å². The molecule has 2 unspecified atom stereocenters. The third kappa shape index (κ3) is 17.2. The number of nitrogens with zero attached hydrogens (tertiary/aromatic N) is 1. The third-order valence-electron chi connectivity index (χ3n) is 6.44. The molecule has 1 aromatic carbocycles. The highest BCUT2D eigenvalue weighted by atomic mass is 16.8. The molecule has 0 radical (unpaired) electrons. The zero-order chi connectivity index (χ0) is 40.1. The van der Waals surface area contributed by atoms with E-state index in [1.54, 1.807) is 62.3 Å². The van der Waals surface area contributed by atoms with Gasteiger partial charge in [0.1, 0.15) is 35.2 Å². The van der Waals surface area contributed by atoms with E-state index in [1.165, 1.54) is 12.1 Å². The number of rotatable bonds is 12. The van der Waals surface area contributed by atoms with Crippen molar-refractivity contribution in [2.24, 2.45) is 0 Å². The summed E-state index contributed by atoms with van der Waals surface area (Å²) >= 11 is 0. The van der Waals surface area contributed by atoms with E-state index in [4.69, 9.17) is 28.5 Å². The molecule has 0 spiro atoms. The molecule has 0 aliphatic carbocycles. The Balaban J connectivity index is 2.23. The number of hydroxylamine groups is 2. The van der Waals surface area contributed by atoms with Crippen LogP contribution in [0.15, 0.2) is 18.2 Å². The minimum atomic E-state index is -1.36. The van der Waals surface area contributed by atoms with Crippen LogP contribution in [-0.4, -0.2) is 88.0 Å². The molecule has 1 aromatic rings. The van der Waals surface area contributed by atoms with E-state index in [0.717, 1.165) is 6.07 Å². The topological polar surface area (TPSA) is 246 Å². The summed E-state index contributed by atoms with van der Waals surface area (Å²) in [6.45, 7) is 14.6. The summed E-state index contributed by atoms with van der Waals surface area (Å²) in [6.07, 6.45) is -4.32. The Morgan fingerprint density at radius 1 is 0.849 bits per heavy atom. The van der Waals surface area contributed by atoms with Gasteiger partial charge in [0.15, 0.2) is 6.23 Å². The molecule has 5 amide bonds. The molecule has 19 heteroatoms. The third-order valence-corrected chi connectivity index (χ3v) is 6.44. The Hall–Kier alpha value is -5.33. The Bertz CT molecular complexity index is 1500. The number of aliphatic hydroxyl groups is 1. The lowest BCUT2D eigenvalue weighted by molar-refractivity contribution is -0.199. The van der Waals surface area contributed by atoms with Gasteiger partial charge in [0.25, 0.3) is 11.8 Å². The average Bonchev–Trinajstić information content (AvgIpc) is 3.31. The summed E-state index contributed by atoms with van der Waals surface area (Å²) in [5.41, 5.74) is 1.61. The summed E-state index contributed by atoms with van der Waals surface area (Å²) in [7, 11) is 0. The van der Waals surface area contributed by atoms with Gasteiger partial charge in [-0.3, -0.25) is 15.0 Å². The number of unbranched alkanes of at least 4 members (excludes halogenated alkanes) is 1. The maximum absolute atomic E-state index is 13.4. The molecule has 0 bridgehead atoms. The van der Waals surface area contributed by atoms with Gasteiger partial charge < -0.3 is 44.3 Å². The van der Waals surface area contributed by atoms with Gasteiger partial charge in [-0.15, -0.1) is 5.06 Å². The summed E-state index contributed by atoms with van der Waals surface area (Å²) in [5.74, 6) is -2.66. The van der Waals surface area contributed by atoms with E-state index in [0.29, 0.717) is 17.9 Å². The molecule has 296 valence electrons. The first-order valence-electron chi connectivity index (χ1n) is 16.9. The number of benzene rings is 1. The lowest BCUT2D eigenvalue weighted by Crippen LogP contribution is -2.45. The number of esters is 1. The van der Waals surface area contributed by atoms with Gasteiger partial charge in [0.05, 0.1) is 5.56 Å². The van der Waals surface area contributed by atoms with Crippen molar-refractivity contribution in [1.29, 1.82) is 0 Å². The molecule has 1 fully saturated rings. The second-order valence-electron chi connectivity index (χ2n) is 14.8. The van der Waals surface area contributed by atoms with Crippen molar-refractivity contribution >= 4 is 42.2 Å². The normalized spacial score (nSPS) is 15.0. The maximum atomic E-state index is 13.4. The molecule has 1 heterocycles. The fourth-order valence-corrected chi connectivity index (χ4v) is 4.30. The Labute approximate surface area is 307 Å². The summed E-state index contributed by atoms with van der Waals surface area (Å²) in [4.78, 5) is 92.3. The first-order valence-corrected chi connectivity index (χ1v) is 16.9. The molecular formula is C34H51N5O14. The van der Waals surface area contributed by atoms with Gasteiger partial charge in [-0.25, -0.2) is 29.4 Å². The number of aliphatic hydroxyl groups excluding tert-OH is 1. The van der Waals surface area contributed by atoms with Crippen molar-refractivity contribution in [3.05, 3.63) is 29.3 Å². The van der Waals surface area contributed by atoms with Crippen LogP contribution in [0, 0.1) is 0 Å². The van der Waals surface area contributed by atoms with Crippen molar-refractivity contribution in [1.82, 2.24) is 26.5 Å². The number of nitrogens with one attached hydrogen (secondary N) is 4. The van der Waals surface area contributed by atoms with Crippen LogP contribution in [-0.2, 0) is 40.0 Å². The molecule has 53 heavy (non-hydrogen) atoms. The molecule has 0 saturated carbocycles. The lowest BCUT2D eigenvalue weighted by atomic mass is 10.1. The van der Waals surface area contributed by atoms with Gasteiger partial charge in [-0.2, -0.15) is 0 Å². The number of carbonyl (C=O) groups excluding carboxylic acids is 7. The number of hydrogen-bond donors (Lipinski definition) is 5. The Morgan fingerprint density at radius 2 is 1.45 bits per heavy atom. The van der Waals surface area contributed by atoms with E-state index in [9.17, 15) is 38.7 Å². The monoisotopic (exact) mass is 753 g/mol. The molecule has 1 aliphatic heterocycles. The van der Waals surface area contributed by atoms with Crippen molar-refractivity contribution in [3.63, 3.8) is 0 Å². The highest BCUT2D eigenvalue weighted by molar-refractivity contribution is 5.97. The molecule has 1 aliphatic rings. The van der Waals surface area contributed by atoms with Crippen molar-refractivity contribution < 1.29 is 67.2 Å². The smallest absolute Gasteiger partial charge is 0.444 e. The predicted octanol–water partition coefficient (Wildman–Crippen LogP) is 3.86. The fraction of sp³-hybridized carbons (Fsp3) is 0.618. The van der Waals surface area contributed by atoms with Gasteiger partial charge in [-0.1, -0.05) is 6.07 Å². The molecule has 2 atom stereocenters. The van der Waals surface area contributed by atoms with E-state index >= 15 is 0 Å². The molecule has 0 aromatic heterocycles. The minimum absolute atomic E-state index is 0.0386. The van der Waals surface area contributed by atoms with E-state index in [-0.39, 0.29) is 42.7 Å². The predicted molar refractivity (Wildman–Crippen MR) is 184 cm³/mol. The molecule has 19 nitrogen and oxygen atoms in total. The van der Waals surface area contributed by atoms with Crippen molar-refractivity contribution in [2.75, 3.05) is 6.54 Å². The number of amides is 5. The zero-order valence-electron chi connectivity index (χ0n) is 31.5. The first kappa shape index (κ1) is 43.8. The molecule has 5 N–H and O–H groups in total. The van der Waals surface area contributed by atoms with Gasteiger partial charge in [0.2, 0.25) is 0 Å². The second kappa shape index (κ2) is 19.0. The lowest BCUT2D eigenvalue weighted by Gasteiger charge is -2.23.